The second-order valence-corrected chi connectivity index (χ2v) is 3.86. The summed E-state index contributed by atoms with van der Waals surface area (Å²) < 4.78 is 0. The number of rotatable bonds is 1. The molecule has 0 amide bonds. The molecule has 1 heterocycles. The zero-order valence-electron chi connectivity index (χ0n) is 7.06. The van der Waals surface area contributed by atoms with Crippen LogP contribution in [0.4, 0.5) is 0 Å². The third kappa shape index (κ3) is 1.70. The molecular formula is C8H18N2. The first-order valence-electron chi connectivity index (χ1n) is 4.05. The Hall–Kier alpha value is -0.0800. The van der Waals surface area contributed by atoms with Crippen molar-refractivity contribution in [2.45, 2.75) is 19.8 Å². The molecule has 0 aromatic heterocycles. The molecule has 1 fully saturated rings. The van der Waals surface area contributed by atoms with Gasteiger partial charge in [-0.2, -0.15) is 0 Å². The topological polar surface area (TPSA) is 29.3 Å². The summed E-state index contributed by atoms with van der Waals surface area (Å²) in [5, 5.41) is 0. The normalized spacial score (nSPS) is 36.3. The SMILES string of the molecule is CN1CCC[C@](C)(CN)C1. The number of nitrogens with zero attached hydrogens (tertiary/aromatic N) is 1. The fraction of sp³-hybridized carbons (Fsp3) is 1.00. The number of likely N-dealkylation sites (tertiary alicyclic amines) is 1. The summed E-state index contributed by atoms with van der Waals surface area (Å²) in [4.78, 5) is 2.37. The van der Waals surface area contributed by atoms with E-state index >= 15 is 0 Å². The first-order chi connectivity index (χ1) is 4.66. The zero-order valence-corrected chi connectivity index (χ0v) is 7.06. The predicted molar refractivity (Wildman–Crippen MR) is 43.9 cm³/mol. The van der Waals surface area contributed by atoms with Crippen molar-refractivity contribution in [1.82, 2.24) is 4.90 Å². The Balaban J connectivity index is 2.45. The van der Waals surface area contributed by atoms with Gasteiger partial charge in [-0.15, -0.1) is 0 Å². The molecule has 60 valence electrons. The van der Waals surface area contributed by atoms with Crippen molar-refractivity contribution >= 4 is 0 Å². The van der Waals surface area contributed by atoms with Crippen molar-refractivity contribution in [2.75, 3.05) is 26.7 Å². The van der Waals surface area contributed by atoms with Gasteiger partial charge < -0.3 is 10.6 Å². The van der Waals surface area contributed by atoms with Crippen LogP contribution >= 0.6 is 0 Å². The van der Waals surface area contributed by atoms with E-state index in [1.807, 2.05) is 0 Å². The molecule has 1 saturated heterocycles. The van der Waals surface area contributed by atoms with Crippen molar-refractivity contribution in [3.8, 4) is 0 Å². The van der Waals surface area contributed by atoms with E-state index < -0.39 is 0 Å². The minimum absolute atomic E-state index is 0.396. The molecule has 2 N–H and O–H groups in total. The molecule has 1 aliphatic heterocycles. The van der Waals surface area contributed by atoms with E-state index in [0.717, 1.165) is 6.54 Å². The maximum absolute atomic E-state index is 5.67. The summed E-state index contributed by atoms with van der Waals surface area (Å²) in [6.45, 7) is 5.53. The highest BCUT2D eigenvalue weighted by atomic mass is 15.1. The molecule has 0 spiro atoms. The molecule has 0 saturated carbocycles. The summed E-state index contributed by atoms with van der Waals surface area (Å²) in [6, 6.07) is 0. The van der Waals surface area contributed by atoms with Gasteiger partial charge in [0.1, 0.15) is 0 Å². The highest BCUT2D eigenvalue weighted by Crippen LogP contribution is 2.26. The average molecular weight is 142 g/mol. The van der Waals surface area contributed by atoms with E-state index in [0.29, 0.717) is 5.41 Å². The van der Waals surface area contributed by atoms with Gasteiger partial charge in [0.05, 0.1) is 0 Å². The van der Waals surface area contributed by atoms with Gasteiger partial charge in [-0.05, 0) is 38.4 Å². The van der Waals surface area contributed by atoms with Gasteiger partial charge in [0.2, 0.25) is 0 Å². The van der Waals surface area contributed by atoms with E-state index in [2.05, 4.69) is 18.9 Å². The maximum Gasteiger partial charge on any atom is 0.00444 e. The summed E-state index contributed by atoms with van der Waals surface area (Å²) in [7, 11) is 2.17. The van der Waals surface area contributed by atoms with Crippen molar-refractivity contribution in [3.63, 3.8) is 0 Å². The number of hydrogen-bond acceptors (Lipinski definition) is 2. The molecule has 10 heavy (non-hydrogen) atoms. The molecular weight excluding hydrogens is 124 g/mol. The highest BCUT2D eigenvalue weighted by Gasteiger charge is 2.27. The number of piperidine rings is 1. The lowest BCUT2D eigenvalue weighted by atomic mass is 9.82. The Kier molecular flexibility index (Phi) is 2.32. The standard InChI is InChI=1S/C8H18N2/c1-8(6-9)4-3-5-10(2)7-8/h3-7,9H2,1-2H3/t8-/m1/s1. The second kappa shape index (κ2) is 2.89. The Morgan fingerprint density at radius 2 is 2.30 bits per heavy atom. The van der Waals surface area contributed by atoms with Crippen LogP contribution in [0.2, 0.25) is 0 Å². The van der Waals surface area contributed by atoms with E-state index in [1.54, 1.807) is 0 Å². The summed E-state index contributed by atoms with van der Waals surface area (Å²) in [6.07, 6.45) is 2.61. The maximum atomic E-state index is 5.67. The summed E-state index contributed by atoms with van der Waals surface area (Å²) in [5.74, 6) is 0. The molecule has 0 aliphatic carbocycles. The van der Waals surface area contributed by atoms with Crippen LogP contribution in [-0.4, -0.2) is 31.6 Å². The minimum Gasteiger partial charge on any atom is -0.330 e. The molecule has 0 aromatic carbocycles. The molecule has 0 radical (unpaired) electrons. The summed E-state index contributed by atoms with van der Waals surface area (Å²) in [5.41, 5.74) is 6.07. The van der Waals surface area contributed by atoms with Crippen LogP contribution in [0, 0.1) is 5.41 Å². The van der Waals surface area contributed by atoms with Crippen molar-refractivity contribution in [3.05, 3.63) is 0 Å². The van der Waals surface area contributed by atoms with Crippen LogP contribution in [-0.2, 0) is 0 Å². The molecule has 1 rings (SSSR count). The third-order valence-electron chi connectivity index (χ3n) is 2.46. The fourth-order valence-electron chi connectivity index (χ4n) is 1.75. The lowest BCUT2D eigenvalue weighted by Crippen LogP contribution is -2.43. The van der Waals surface area contributed by atoms with E-state index in [9.17, 15) is 0 Å². The van der Waals surface area contributed by atoms with Gasteiger partial charge in [0, 0.05) is 6.54 Å². The van der Waals surface area contributed by atoms with Crippen LogP contribution in [0.5, 0.6) is 0 Å². The molecule has 0 unspecified atom stereocenters. The largest absolute Gasteiger partial charge is 0.330 e. The smallest absolute Gasteiger partial charge is 0.00444 e. The molecule has 0 aromatic rings. The quantitative estimate of drug-likeness (QED) is 0.583. The first kappa shape index (κ1) is 8.02. The third-order valence-corrected chi connectivity index (χ3v) is 2.46. The van der Waals surface area contributed by atoms with Crippen LogP contribution in [0.15, 0.2) is 0 Å². The van der Waals surface area contributed by atoms with Crippen LogP contribution in [0.1, 0.15) is 19.8 Å². The Morgan fingerprint density at radius 3 is 2.70 bits per heavy atom. The molecule has 1 aliphatic rings. The molecule has 0 bridgehead atoms. The number of nitrogens with two attached hydrogens (primary N) is 1. The fourth-order valence-corrected chi connectivity index (χ4v) is 1.75. The van der Waals surface area contributed by atoms with E-state index in [4.69, 9.17) is 5.73 Å². The van der Waals surface area contributed by atoms with E-state index in [1.165, 1.54) is 25.9 Å². The first-order valence-corrected chi connectivity index (χ1v) is 4.05. The number of hydrogen-bond donors (Lipinski definition) is 1. The highest BCUT2D eigenvalue weighted by molar-refractivity contribution is 4.82. The van der Waals surface area contributed by atoms with Crippen molar-refractivity contribution in [1.29, 1.82) is 0 Å². The van der Waals surface area contributed by atoms with Crippen LogP contribution in [0.3, 0.4) is 0 Å². The molecule has 1 atom stereocenters. The van der Waals surface area contributed by atoms with Gasteiger partial charge in [-0.3, -0.25) is 0 Å². The van der Waals surface area contributed by atoms with Crippen molar-refractivity contribution in [2.24, 2.45) is 11.1 Å². The average Bonchev–Trinajstić information content (AvgIpc) is 1.88. The van der Waals surface area contributed by atoms with Crippen LogP contribution in [0.25, 0.3) is 0 Å². The van der Waals surface area contributed by atoms with Crippen LogP contribution < -0.4 is 5.73 Å². The molecule has 2 heteroatoms. The van der Waals surface area contributed by atoms with Crippen molar-refractivity contribution < 1.29 is 0 Å². The van der Waals surface area contributed by atoms with Gasteiger partial charge >= 0.3 is 0 Å². The lowest BCUT2D eigenvalue weighted by molar-refractivity contribution is 0.133. The Morgan fingerprint density at radius 1 is 1.60 bits per heavy atom. The van der Waals surface area contributed by atoms with E-state index in [-0.39, 0.29) is 0 Å². The van der Waals surface area contributed by atoms with Gasteiger partial charge in [-0.25, -0.2) is 0 Å². The zero-order chi connectivity index (χ0) is 7.61. The lowest BCUT2D eigenvalue weighted by Gasteiger charge is -2.37. The Labute approximate surface area is 63.4 Å². The van der Waals surface area contributed by atoms with Gasteiger partial charge in [0.15, 0.2) is 0 Å². The minimum atomic E-state index is 0.396. The Bertz CT molecular complexity index is 114. The predicted octanol–water partition coefficient (Wildman–Crippen LogP) is 0.677. The molecule has 2 nitrogen and oxygen atoms in total. The van der Waals surface area contributed by atoms with Gasteiger partial charge in [0.25, 0.3) is 0 Å². The summed E-state index contributed by atoms with van der Waals surface area (Å²) >= 11 is 0. The van der Waals surface area contributed by atoms with Gasteiger partial charge in [-0.1, -0.05) is 6.92 Å². The second-order valence-electron chi connectivity index (χ2n) is 3.86. The monoisotopic (exact) mass is 142 g/mol.